The number of aryl methyl sites for hydroxylation is 1. The Morgan fingerprint density at radius 2 is 1.96 bits per heavy atom. The minimum atomic E-state index is -0.170. The van der Waals surface area contributed by atoms with Crippen molar-refractivity contribution >= 4 is 11.8 Å². The van der Waals surface area contributed by atoms with Crippen molar-refractivity contribution in [3.8, 4) is 0 Å². The van der Waals surface area contributed by atoms with Gasteiger partial charge in [0.05, 0.1) is 17.7 Å². The molecular formula is C19H28N4O2. The van der Waals surface area contributed by atoms with Gasteiger partial charge in [-0.15, -0.1) is 0 Å². The summed E-state index contributed by atoms with van der Waals surface area (Å²) < 4.78 is 1.83. The largest absolute Gasteiger partial charge is 0.339 e. The van der Waals surface area contributed by atoms with Gasteiger partial charge in [0.1, 0.15) is 0 Å². The number of piperidine rings is 1. The first-order valence-corrected chi connectivity index (χ1v) is 9.58. The summed E-state index contributed by atoms with van der Waals surface area (Å²) >= 11 is 0. The van der Waals surface area contributed by atoms with E-state index in [1.165, 1.54) is 0 Å². The van der Waals surface area contributed by atoms with Crippen molar-refractivity contribution in [2.24, 2.45) is 18.9 Å². The second kappa shape index (κ2) is 6.15. The fourth-order valence-electron chi connectivity index (χ4n) is 4.60. The highest BCUT2D eigenvalue weighted by Crippen LogP contribution is 2.44. The monoisotopic (exact) mass is 344 g/mol. The minimum absolute atomic E-state index is 0.151. The lowest BCUT2D eigenvalue weighted by Crippen LogP contribution is -2.51. The number of rotatable bonds is 3. The Hall–Kier alpha value is -1.85. The van der Waals surface area contributed by atoms with E-state index in [-0.39, 0.29) is 29.8 Å². The molecule has 1 aliphatic carbocycles. The Balaban J connectivity index is 1.68. The Bertz CT molecular complexity index is 681. The fraction of sp³-hybridized carbons (Fsp3) is 0.737. The van der Waals surface area contributed by atoms with E-state index in [4.69, 9.17) is 0 Å². The zero-order valence-corrected chi connectivity index (χ0v) is 15.4. The molecule has 1 aromatic heterocycles. The Kier molecular flexibility index (Phi) is 4.08. The van der Waals surface area contributed by atoms with Crippen molar-refractivity contribution < 1.29 is 9.59 Å². The third kappa shape index (κ3) is 2.75. The van der Waals surface area contributed by atoms with E-state index in [2.05, 4.69) is 23.8 Å². The van der Waals surface area contributed by atoms with Gasteiger partial charge in [-0.2, -0.15) is 5.10 Å². The summed E-state index contributed by atoms with van der Waals surface area (Å²) in [5, 5.41) is 4.30. The maximum Gasteiger partial charge on any atom is 0.228 e. The maximum absolute atomic E-state index is 13.4. The second-order valence-electron chi connectivity index (χ2n) is 8.04. The minimum Gasteiger partial charge on any atom is -0.339 e. The van der Waals surface area contributed by atoms with E-state index >= 15 is 0 Å². The highest BCUT2D eigenvalue weighted by molar-refractivity contribution is 5.85. The quantitative estimate of drug-likeness (QED) is 0.844. The average molecular weight is 344 g/mol. The highest BCUT2D eigenvalue weighted by Gasteiger charge is 2.49. The molecule has 6 heteroatoms. The molecule has 2 amide bonds. The number of carbonyl (C=O) groups excluding carboxylic acids is 2. The maximum atomic E-state index is 13.4. The van der Waals surface area contributed by atoms with Crippen LogP contribution < -0.4 is 0 Å². The standard InChI is InChI=1S/C19H28N4O2/c1-12-9-11-22(13(12)2)19(25)15-6-7-17(24)23(14-4-5-14)18(15)16-8-10-20-21(16)3/h8,10,12-15,18H,4-7,9,11H2,1-3H3/t12-,13-,15-,18-/m1/s1. The van der Waals surface area contributed by atoms with Crippen LogP contribution in [-0.4, -0.2) is 50.0 Å². The summed E-state index contributed by atoms with van der Waals surface area (Å²) in [5.41, 5.74) is 0.984. The molecule has 3 heterocycles. The molecule has 0 N–H and O–H groups in total. The van der Waals surface area contributed by atoms with Crippen molar-refractivity contribution in [3.05, 3.63) is 18.0 Å². The van der Waals surface area contributed by atoms with Gasteiger partial charge in [0.2, 0.25) is 11.8 Å². The number of nitrogens with zero attached hydrogens (tertiary/aromatic N) is 4. The molecule has 6 nitrogen and oxygen atoms in total. The lowest BCUT2D eigenvalue weighted by atomic mass is 9.85. The van der Waals surface area contributed by atoms with Crippen LogP contribution >= 0.6 is 0 Å². The molecule has 0 spiro atoms. The summed E-state index contributed by atoms with van der Waals surface area (Å²) in [7, 11) is 1.90. The molecule has 2 saturated heterocycles. The van der Waals surface area contributed by atoms with Gasteiger partial charge in [0.25, 0.3) is 0 Å². The summed E-state index contributed by atoms with van der Waals surface area (Å²) in [6.07, 6.45) is 6.08. The number of hydrogen-bond donors (Lipinski definition) is 0. The van der Waals surface area contributed by atoms with Crippen molar-refractivity contribution in [2.45, 2.75) is 64.1 Å². The van der Waals surface area contributed by atoms with Crippen LogP contribution in [0.5, 0.6) is 0 Å². The van der Waals surface area contributed by atoms with Gasteiger partial charge in [0, 0.05) is 38.3 Å². The van der Waals surface area contributed by atoms with Crippen LogP contribution in [0, 0.1) is 11.8 Å². The van der Waals surface area contributed by atoms with E-state index in [1.54, 1.807) is 6.20 Å². The van der Waals surface area contributed by atoms with Crippen LogP contribution in [0.25, 0.3) is 0 Å². The molecule has 1 saturated carbocycles. The van der Waals surface area contributed by atoms with Gasteiger partial charge >= 0.3 is 0 Å². The van der Waals surface area contributed by atoms with Crippen molar-refractivity contribution in [1.29, 1.82) is 0 Å². The van der Waals surface area contributed by atoms with E-state index < -0.39 is 0 Å². The number of likely N-dealkylation sites (tertiary alicyclic amines) is 2. The average Bonchev–Trinajstić information content (AvgIpc) is 3.25. The van der Waals surface area contributed by atoms with E-state index in [0.717, 1.165) is 31.5 Å². The third-order valence-electron chi connectivity index (χ3n) is 6.48. The molecule has 3 fully saturated rings. The summed E-state index contributed by atoms with van der Waals surface area (Å²) in [6.45, 7) is 5.21. The molecule has 0 aromatic carbocycles. The molecule has 2 aliphatic heterocycles. The Morgan fingerprint density at radius 3 is 2.52 bits per heavy atom. The molecule has 136 valence electrons. The van der Waals surface area contributed by atoms with Crippen LogP contribution in [0.15, 0.2) is 12.3 Å². The first-order chi connectivity index (χ1) is 12.0. The van der Waals surface area contributed by atoms with Crippen LogP contribution in [0.4, 0.5) is 0 Å². The van der Waals surface area contributed by atoms with Crippen LogP contribution in [0.1, 0.15) is 57.7 Å². The molecule has 0 bridgehead atoms. The molecule has 25 heavy (non-hydrogen) atoms. The van der Waals surface area contributed by atoms with Crippen molar-refractivity contribution in [3.63, 3.8) is 0 Å². The molecule has 0 radical (unpaired) electrons. The number of aromatic nitrogens is 2. The van der Waals surface area contributed by atoms with Crippen molar-refractivity contribution in [2.75, 3.05) is 6.54 Å². The highest BCUT2D eigenvalue weighted by atomic mass is 16.2. The van der Waals surface area contributed by atoms with Gasteiger partial charge < -0.3 is 9.80 Å². The first kappa shape index (κ1) is 16.6. The van der Waals surface area contributed by atoms with Gasteiger partial charge in [-0.3, -0.25) is 14.3 Å². The zero-order valence-electron chi connectivity index (χ0n) is 15.4. The smallest absolute Gasteiger partial charge is 0.228 e. The van der Waals surface area contributed by atoms with Crippen LogP contribution in [-0.2, 0) is 16.6 Å². The normalized spacial score (nSPS) is 33.2. The first-order valence-electron chi connectivity index (χ1n) is 9.58. The lowest BCUT2D eigenvalue weighted by Gasteiger charge is -2.42. The van der Waals surface area contributed by atoms with E-state index in [1.807, 2.05) is 22.7 Å². The molecule has 0 unspecified atom stereocenters. The molecule has 1 aromatic rings. The molecule has 3 aliphatic rings. The SMILES string of the molecule is C[C@@H]1CCN(C(=O)[C@@H]2CCC(=O)N(C3CC3)[C@H]2c2ccnn2C)[C@@H]1C. The Labute approximate surface area is 149 Å². The van der Waals surface area contributed by atoms with Crippen molar-refractivity contribution in [1.82, 2.24) is 19.6 Å². The van der Waals surface area contributed by atoms with Gasteiger partial charge in [-0.25, -0.2) is 0 Å². The number of amides is 2. The lowest BCUT2D eigenvalue weighted by molar-refractivity contribution is -0.149. The zero-order chi connectivity index (χ0) is 17.7. The predicted octanol–water partition coefficient (Wildman–Crippen LogP) is 2.12. The van der Waals surface area contributed by atoms with Gasteiger partial charge in [0.15, 0.2) is 0 Å². The summed E-state index contributed by atoms with van der Waals surface area (Å²) in [4.78, 5) is 30.2. The summed E-state index contributed by atoms with van der Waals surface area (Å²) in [5.74, 6) is 0.812. The molecular weight excluding hydrogens is 316 g/mol. The van der Waals surface area contributed by atoms with E-state index in [0.29, 0.717) is 24.8 Å². The third-order valence-corrected chi connectivity index (χ3v) is 6.48. The van der Waals surface area contributed by atoms with E-state index in [9.17, 15) is 9.59 Å². The Morgan fingerprint density at radius 1 is 1.20 bits per heavy atom. The molecule has 4 rings (SSSR count). The number of hydrogen-bond acceptors (Lipinski definition) is 3. The summed E-state index contributed by atoms with van der Waals surface area (Å²) in [6, 6.07) is 2.39. The number of carbonyl (C=O) groups is 2. The predicted molar refractivity (Wildman–Crippen MR) is 93.5 cm³/mol. The molecule has 4 atom stereocenters. The van der Waals surface area contributed by atoms with Crippen LogP contribution in [0.2, 0.25) is 0 Å². The van der Waals surface area contributed by atoms with Gasteiger partial charge in [-0.05, 0) is 44.6 Å². The second-order valence-corrected chi connectivity index (χ2v) is 8.04. The fourth-order valence-corrected chi connectivity index (χ4v) is 4.60. The van der Waals surface area contributed by atoms with Gasteiger partial charge in [-0.1, -0.05) is 6.92 Å². The topological polar surface area (TPSA) is 58.4 Å². The van der Waals surface area contributed by atoms with Crippen LogP contribution in [0.3, 0.4) is 0 Å².